The average Bonchev–Trinajstić information content (AvgIpc) is 3.59. The number of hydrogen-bond acceptors (Lipinski definition) is 9. The lowest BCUT2D eigenvalue weighted by molar-refractivity contribution is -0.127. The van der Waals surface area contributed by atoms with E-state index in [9.17, 15) is 18.8 Å². The lowest BCUT2D eigenvalue weighted by Crippen LogP contribution is -2.53. The number of nitrogens with zero attached hydrogens (tertiary/aromatic N) is 5. The lowest BCUT2D eigenvalue weighted by atomic mass is 9.91. The van der Waals surface area contributed by atoms with Crippen molar-refractivity contribution in [1.29, 1.82) is 0 Å². The van der Waals surface area contributed by atoms with Crippen molar-refractivity contribution in [3.8, 4) is 10.8 Å². The number of benzene rings is 1. The van der Waals surface area contributed by atoms with Crippen molar-refractivity contribution < 1.29 is 23.4 Å². The molecule has 4 rings (SSSR count). The van der Waals surface area contributed by atoms with Crippen LogP contribution in [0.4, 0.5) is 4.39 Å². The van der Waals surface area contributed by atoms with Crippen LogP contribution in [-0.2, 0) is 26.4 Å². The van der Waals surface area contributed by atoms with Crippen molar-refractivity contribution in [2.24, 2.45) is 5.92 Å². The molecule has 44 heavy (non-hydrogen) atoms. The van der Waals surface area contributed by atoms with Crippen LogP contribution in [0.15, 0.2) is 40.2 Å². The monoisotopic (exact) mass is 629 g/mol. The zero-order chi connectivity index (χ0) is 32.3. The van der Waals surface area contributed by atoms with E-state index in [1.54, 1.807) is 27.9 Å². The van der Waals surface area contributed by atoms with Gasteiger partial charge in [0.05, 0.1) is 37.0 Å². The largest absolute Gasteiger partial charge is 0.491 e. The van der Waals surface area contributed by atoms with E-state index in [0.717, 1.165) is 4.57 Å². The van der Waals surface area contributed by atoms with E-state index in [1.165, 1.54) is 51.3 Å². The molecule has 0 N–H and O–H groups in total. The molecule has 3 aromatic heterocycles. The molecule has 13 heteroatoms. The Kier molecular flexibility index (Phi) is 10.2. The van der Waals surface area contributed by atoms with E-state index in [0.29, 0.717) is 33.3 Å². The highest BCUT2D eigenvalue weighted by Crippen LogP contribution is 2.35. The highest BCUT2D eigenvalue weighted by atomic mass is 32.1. The smallest absolute Gasteiger partial charge is 0.333 e. The molecular formula is C31H40FN5O6S. The van der Waals surface area contributed by atoms with E-state index in [2.05, 4.69) is 10.2 Å². The first-order valence-corrected chi connectivity index (χ1v) is 15.4. The molecule has 3 heterocycles. The van der Waals surface area contributed by atoms with Gasteiger partial charge in [0.2, 0.25) is 0 Å². The fraction of sp³-hybridized carbons (Fsp3) is 0.516. The number of hydrogen-bond donors (Lipinski definition) is 0. The number of halogens is 1. The maximum Gasteiger partial charge on any atom is 0.333 e. The average molecular weight is 630 g/mol. The topological polar surface area (TPSA) is 119 Å². The standard InChI is InChI=1S/C31H40FN5O6S/c1-18(2)15-25(38)31(6,7)36-27(39)26-20(5)28(37-33-11-12-34-37)44-29(26)35(30(36)40)17-24(43-19(3)4)22-16-21(32)9-10-23(22)42-14-13-41-8/h9-12,16,18-19,24H,13-15,17H2,1-8H3/t24-/m0/s1. The second kappa shape index (κ2) is 13.5. The first kappa shape index (κ1) is 33.2. The Morgan fingerprint density at radius 2 is 1.77 bits per heavy atom. The van der Waals surface area contributed by atoms with Gasteiger partial charge in [0.1, 0.15) is 39.6 Å². The van der Waals surface area contributed by atoms with Gasteiger partial charge >= 0.3 is 5.69 Å². The number of aryl methyl sites for hydroxylation is 1. The van der Waals surface area contributed by atoms with Crippen LogP contribution in [0.1, 0.15) is 65.2 Å². The summed E-state index contributed by atoms with van der Waals surface area (Å²) >= 11 is 1.18. The summed E-state index contributed by atoms with van der Waals surface area (Å²) in [5, 5.41) is 9.29. The number of rotatable bonds is 14. The third-order valence-electron chi connectivity index (χ3n) is 7.27. The molecule has 0 saturated carbocycles. The SMILES string of the molecule is COCCOc1ccc(F)cc1[C@H](Cn1c(=O)n(C(C)(C)C(=O)CC(C)C)c(=O)c2c(C)c(-n3nccn3)sc21)OC(C)C. The number of aromatic nitrogens is 5. The number of fused-ring (bicyclic) bond motifs is 1. The van der Waals surface area contributed by atoms with Crippen LogP contribution in [0.2, 0.25) is 0 Å². The van der Waals surface area contributed by atoms with E-state index >= 15 is 0 Å². The molecule has 0 fully saturated rings. The third-order valence-corrected chi connectivity index (χ3v) is 8.55. The molecule has 0 aliphatic carbocycles. The fourth-order valence-corrected chi connectivity index (χ4v) is 6.31. The Labute approximate surface area is 259 Å². The molecule has 0 aliphatic rings. The maximum absolute atomic E-state index is 14.7. The summed E-state index contributed by atoms with van der Waals surface area (Å²) in [4.78, 5) is 43.8. The molecule has 238 valence electrons. The number of thiophene rings is 1. The van der Waals surface area contributed by atoms with Gasteiger partial charge in [-0.15, -0.1) is 4.80 Å². The Balaban J connectivity index is 2.01. The van der Waals surface area contributed by atoms with Gasteiger partial charge in [-0.1, -0.05) is 25.2 Å². The normalized spacial score (nSPS) is 12.9. The molecule has 0 amide bonds. The minimum atomic E-state index is -1.45. The summed E-state index contributed by atoms with van der Waals surface area (Å²) in [6.07, 6.45) is 2.05. The van der Waals surface area contributed by atoms with E-state index < -0.39 is 28.7 Å². The molecule has 0 radical (unpaired) electrons. The highest BCUT2D eigenvalue weighted by Gasteiger charge is 2.36. The molecule has 0 unspecified atom stereocenters. The number of ketones is 1. The summed E-state index contributed by atoms with van der Waals surface area (Å²) in [6.45, 7) is 12.9. The van der Waals surface area contributed by atoms with Crippen LogP contribution < -0.4 is 16.0 Å². The third kappa shape index (κ3) is 6.69. The molecule has 1 aromatic carbocycles. The number of methoxy groups -OCH3 is 1. The van der Waals surface area contributed by atoms with Crippen molar-refractivity contribution in [2.45, 2.75) is 79.2 Å². The molecule has 0 aliphatic heterocycles. The molecule has 0 bridgehead atoms. The van der Waals surface area contributed by atoms with Crippen molar-refractivity contribution in [1.82, 2.24) is 24.1 Å². The summed E-state index contributed by atoms with van der Waals surface area (Å²) in [6, 6.07) is 4.13. The second-order valence-corrected chi connectivity index (χ2v) is 12.8. The van der Waals surface area contributed by atoms with Gasteiger partial charge in [0, 0.05) is 24.7 Å². The predicted molar refractivity (Wildman–Crippen MR) is 167 cm³/mol. The summed E-state index contributed by atoms with van der Waals surface area (Å²) < 4.78 is 34.5. The Hall–Kier alpha value is -3.68. The van der Waals surface area contributed by atoms with Gasteiger partial charge in [0.25, 0.3) is 5.56 Å². The predicted octanol–water partition coefficient (Wildman–Crippen LogP) is 4.79. The zero-order valence-electron chi connectivity index (χ0n) is 26.4. The van der Waals surface area contributed by atoms with Crippen LogP contribution in [-0.4, -0.2) is 56.3 Å². The first-order valence-electron chi connectivity index (χ1n) is 14.5. The second-order valence-electron chi connectivity index (χ2n) is 11.8. The van der Waals surface area contributed by atoms with Crippen LogP contribution in [0.3, 0.4) is 0 Å². The molecule has 0 spiro atoms. The minimum absolute atomic E-state index is 0.0251. The van der Waals surface area contributed by atoms with Crippen LogP contribution in [0.5, 0.6) is 5.75 Å². The van der Waals surface area contributed by atoms with E-state index in [1.807, 2.05) is 27.7 Å². The number of carbonyl (C=O) groups excluding carboxylic acids is 1. The summed E-state index contributed by atoms with van der Waals surface area (Å²) in [7, 11) is 1.55. The summed E-state index contributed by atoms with van der Waals surface area (Å²) in [5.74, 6) is -0.341. The summed E-state index contributed by atoms with van der Waals surface area (Å²) in [5.41, 5.74) is -1.75. The molecular weight excluding hydrogens is 589 g/mol. The van der Waals surface area contributed by atoms with Crippen LogP contribution >= 0.6 is 11.3 Å². The van der Waals surface area contributed by atoms with Crippen molar-refractivity contribution in [2.75, 3.05) is 20.3 Å². The van der Waals surface area contributed by atoms with Crippen molar-refractivity contribution in [3.63, 3.8) is 0 Å². The number of carbonyl (C=O) groups is 1. The Morgan fingerprint density at radius 1 is 1.09 bits per heavy atom. The van der Waals surface area contributed by atoms with Crippen molar-refractivity contribution in [3.05, 3.63) is 68.4 Å². The van der Waals surface area contributed by atoms with E-state index in [-0.39, 0.29) is 42.8 Å². The Bertz CT molecular complexity index is 1740. The van der Waals surface area contributed by atoms with Gasteiger partial charge in [0.15, 0.2) is 5.78 Å². The number of Topliss-reactive ketones (excluding diaryl/α,β-unsaturated/α-hetero) is 1. The highest BCUT2D eigenvalue weighted by molar-refractivity contribution is 7.21. The number of ether oxygens (including phenoxy) is 3. The minimum Gasteiger partial charge on any atom is -0.491 e. The van der Waals surface area contributed by atoms with Crippen LogP contribution in [0.25, 0.3) is 15.2 Å². The van der Waals surface area contributed by atoms with Gasteiger partial charge in [-0.3, -0.25) is 14.2 Å². The Morgan fingerprint density at radius 3 is 2.39 bits per heavy atom. The fourth-order valence-electron chi connectivity index (χ4n) is 5.09. The van der Waals surface area contributed by atoms with Crippen molar-refractivity contribution >= 4 is 27.3 Å². The maximum atomic E-state index is 14.7. The zero-order valence-corrected chi connectivity index (χ0v) is 27.2. The van der Waals surface area contributed by atoms with Gasteiger partial charge in [-0.05, 0) is 58.7 Å². The quantitative estimate of drug-likeness (QED) is 0.183. The molecule has 11 nitrogen and oxygen atoms in total. The molecule has 1 atom stereocenters. The van der Waals surface area contributed by atoms with Gasteiger partial charge in [-0.2, -0.15) is 10.2 Å². The van der Waals surface area contributed by atoms with Gasteiger partial charge in [-0.25, -0.2) is 13.8 Å². The molecule has 0 saturated heterocycles. The lowest BCUT2D eigenvalue weighted by Gasteiger charge is -2.29. The van der Waals surface area contributed by atoms with Crippen LogP contribution in [0, 0.1) is 18.7 Å². The first-order chi connectivity index (χ1) is 20.8. The van der Waals surface area contributed by atoms with E-state index in [4.69, 9.17) is 14.2 Å². The molecule has 4 aromatic rings. The van der Waals surface area contributed by atoms with Gasteiger partial charge < -0.3 is 14.2 Å².